The molecule has 1 aromatic carbocycles. The summed E-state index contributed by atoms with van der Waals surface area (Å²) < 4.78 is 0. The topological polar surface area (TPSA) is 66.9 Å². The van der Waals surface area contributed by atoms with Crippen molar-refractivity contribution in [1.29, 1.82) is 0 Å². The molecular weight excluding hydrogens is 276 g/mol. The fourth-order valence-corrected chi connectivity index (χ4v) is 2.26. The fraction of sp³-hybridized carbons (Fsp3) is 0.353. The first-order valence-electron chi connectivity index (χ1n) is 7.57. The van der Waals surface area contributed by atoms with E-state index in [1.165, 1.54) is 11.1 Å². The van der Waals surface area contributed by atoms with Crippen LogP contribution in [-0.2, 0) is 6.54 Å². The van der Waals surface area contributed by atoms with Gasteiger partial charge in [-0.15, -0.1) is 0 Å². The van der Waals surface area contributed by atoms with Gasteiger partial charge in [0, 0.05) is 18.7 Å². The molecule has 5 heteroatoms. The quantitative estimate of drug-likeness (QED) is 0.890. The normalized spacial score (nSPS) is 13.7. The van der Waals surface area contributed by atoms with E-state index in [1.54, 1.807) is 13.0 Å². The zero-order chi connectivity index (χ0) is 15.5. The van der Waals surface area contributed by atoms with Crippen molar-refractivity contribution < 1.29 is 4.79 Å². The molecule has 0 aliphatic heterocycles. The number of nitrogens with one attached hydrogen (secondary N) is 2. The van der Waals surface area contributed by atoms with Gasteiger partial charge in [-0.05, 0) is 37.8 Å². The van der Waals surface area contributed by atoms with Gasteiger partial charge >= 0.3 is 0 Å². The highest BCUT2D eigenvalue weighted by Gasteiger charge is 2.24. The molecule has 1 aliphatic carbocycles. The molecule has 1 aromatic heterocycles. The number of rotatable bonds is 5. The maximum atomic E-state index is 12.1. The lowest BCUT2D eigenvalue weighted by molar-refractivity contribution is 0.0945. The summed E-state index contributed by atoms with van der Waals surface area (Å²) in [5, 5.41) is 6.23. The standard InChI is InChI=1S/C17H20N4O/c1-11-5-3-4-6-13(11)10-18-16-9-15(19-12(2)20-16)17(22)21-14-7-8-14/h3-6,9,14H,7-8,10H2,1-2H3,(H,21,22)(H,18,19,20). The van der Waals surface area contributed by atoms with Crippen molar-refractivity contribution >= 4 is 11.7 Å². The molecule has 1 heterocycles. The van der Waals surface area contributed by atoms with Gasteiger partial charge in [0.2, 0.25) is 0 Å². The molecule has 1 fully saturated rings. The minimum Gasteiger partial charge on any atom is -0.366 e. The van der Waals surface area contributed by atoms with Gasteiger partial charge in [0.15, 0.2) is 0 Å². The highest BCUT2D eigenvalue weighted by Crippen LogP contribution is 2.19. The summed E-state index contributed by atoms with van der Waals surface area (Å²) in [6, 6.07) is 10.2. The van der Waals surface area contributed by atoms with Gasteiger partial charge in [-0.1, -0.05) is 24.3 Å². The lowest BCUT2D eigenvalue weighted by Crippen LogP contribution is -2.26. The van der Waals surface area contributed by atoms with Crippen LogP contribution in [0, 0.1) is 13.8 Å². The Labute approximate surface area is 130 Å². The van der Waals surface area contributed by atoms with Crippen LogP contribution in [0.4, 0.5) is 5.82 Å². The molecule has 2 N–H and O–H groups in total. The third kappa shape index (κ3) is 3.61. The van der Waals surface area contributed by atoms with Gasteiger partial charge in [0.1, 0.15) is 17.3 Å². The summed E-state index contributed by atoms with van der Waals surface area (Å²) in [4.78, 5) is 20.7. The summed E-state index contributed by atoms with van der Waals surface area (Å²) in [6.45, 7) is 4.55. The predicted octanol–water partition coefficient (Wildman–Crippen LogP) is 2.60. The van der Waals surface area contributed by atoms with Gasteiger partial charge in [0.05, 0.1) is 0 Å². The van der Waals surface area contributed by atoms with Gasteiger partial charge in [-0.25, -0.2) is 9.97 Å². The second-order valence-corrected chi connectivity index (χ2v) is 5.71. The molecule has 1 aliphatic rings. The number of hydrogen-bond acceptors (Lipinski definition) is 4. The van der Waals surface area contributed by atoms with Crippen molar-refractivity contribution in [1.82, 2.24) is 15.3 Å². The molecule has 1 saturated carbocycles. The van der Waals surface area contributed by atoms with E-state index in [2.05, 4.69) is 39.7 Å². The smallest absolute Gasteiger partial charge is 0.270 e. The van der Waals surface area contributed by atoms with E-state index in [1.807, 2.05) is 12.1 Å². The van der Waals surface area contributed by atoms with Crippen molar-refractivity contribution in [3.05, 3.63) is 53.0 Å². The molecule has 1 amide bonds. The van der Waals surface area contributed by atoms with E-state index in [0.717, 1.165) is 12.8 Å². The number of aromatic nitrogens is 2. The average molecular weight is 296 g/mol. The zero-order valence-corrected chi connectivity index (χ0v) is 12.9. The van der Waals surface area contributed by atoms with Crippen LogP contribution in [0.5, 0.6) is 0 Å². The Bertz CT molecular complexity index is 695. The first-order chi connectivity index (χ1) is 10.6. The van der Waals surface area contributed by atoms with Gasteiger partial charge in [0.25, 0.3) is 5.91 Å². The summed E-state index contributed by atoms with van der Waals surface area (Å²) in [6.07, 6.45) is 2.13. The molecule has 22 heavy (non-hydrogen) atoms. The molecule has 5 nitrogen and oxygen atoms in total. The van der Waals surface area contributed by atoms with Crippen molar-refractivity contribution in [2.45, 2.75) is 39.3 Å². The van der Waals surface area contributed by atoms with E-state index in [-0.39, 0.29) is 5.91 Å². The number of nitrogens with zero attached hydrogens (tertiary/aromatic N) is 2. The SMILES string of the molecule is Cc1nc(NCc2ccccc2C)cc(C(=O)NC2CC2)n1. The van der Waals surface area contributed by atoms with E-state index >= 15 is 0 Å². The Morgan fingerprint density at radius 1 is 1.23 bits per heavy atom. The van der Waals surface area contributed by atoms with Crippen molar-refractivity contribution in [3.8, 4) is 0 Å². The number of aryl methyl sites for hydroxylation is 2. The van der Waals surface area contributed by atoms with Crippen LogP contribution in [-0.4, -0.2) is 21.9 Å². The number of carbonyl (C=O) groups is 1. The Morgan fingerprint density at radius 2 is 2.00 bits per heavy atom. The summed E-state index contributed by atoms with van der Waals surface area (Å²) >= 11 is 0. The summed E-state index contributed by atoms with van der Waals surface area (Å²) in [5.41, 5.74) is 2.86. The van der Waals surface area contributed by atoms with Gasteiger partial charge < -0.3 is 10.6 Å². The van der Waals surface area contributed by atoms with E-state index in [4.69, 9.17) is 0 Å². The number of anilines is 1. The molecular formula is C17H20N4O. The van der Waals surface area contributed by atoms with Crippen LogP contribution in [0.25, 0.3) is 0 Å². The van der Waals surface area contributed by atoms with Crippen LogP contribution in [0.3, 0.4) is 0 Å². The Kier molecular flexibility index (Phi) is 4.04. The summed E-state index contributed by atoms with van der Waals surface area (Å²) in [5.74, 6) is 1.15. The first-order valence-corrected chi connectivity index (χ1v) is 7.57. The molecule has 0 radical (unpaired) electrons. The maximum Gasteiger partial charge on any atom is 0.270 e. The second kappa shape index (κ2) is 6.13. The lowest BCUT2D eigenvalue weighted by Gasteiger charge is -2.10. The van der Waals surface area contributed by atoms with E-state index in [0.29, 0.717) is 29.9 Å². The van der Waals surface area contributed by atoms with Crippen LogP contribution < -0.4 is 10.6 Å². The van der Waals surface area contributed by atoms with Crippen molar-refractivity contribution in [2.75, 3.05) is 5.32 Å². The lowest BCUT2D eigenvalue weighted by atomic mass is 10.1. The van der Waals surface area contributed by atoms with Gasteiger partial charge in [-0.2, -0.15) is 0 Å². The molecule has 0 unspecified atom stereocenters. The first kappa shape index (κ1) is 14.5. The minimum absolute atomic E-state index is 0.119. The van der Waals surface area contributed by atoms with E-state index < -0.39 is 0 Å². The van der Waals surface area contributed by atoms with Crippen molar-refractivity contribution in [2.24, 2.45) is 0 Å². The predicted molar refractivity (Wildman–Crippen MR) is 85.8 cm³/mol. The number of carbonyl (C=O) groups excluding carboxylic acids is 1. The molecule has 114 valence electrons. The maximum absolute atomic E-state index is 12.1. The minimum atomic E-state index is -0.119. The van der Waals surface area contributed by atoms with Gasteiger partial charge in [-0.3, -0.25) is 4.79 Å². The Morgan fingerprint density at radius 3 is 2.73 bits per heavy atom. The highest BCUT2D eigenvalue weighted by molar-refractivity contribution is 5.93. The molecule has 0 saturated heterocycles. The monoisotopic (exact) mass is 296 g/mol. The molecule has 0 bridgehead atoms. The number of hydrogen-bond donors (Lipinski definition) is 2. The van der Waals surface area contributed by atoms with Crippen LogP contribution in [0.15, 0.2) is 30.3 Å². The Hall–Kier alpha value is -2.43. The molecule has 2 aromatic rings. The number of benzene rings is 1. The van der Waals surface area contributed by atoms with Crippen LogP contribution >= 0.6 is 0 Å². The molecule has 0 spiro atoms. The third-order valence-electron chi connectivity index (χ3n) is 3.70. The average Bonchev–Trinajstić information content (AvgIpc) is 3.30. The Balaban J connectivity index is 1.71. The van der Waals surface area contributed by atoms with Crippen LogP contribution in [0.2, 0.25) is 0 Å². The zero-order valence-electron chi connectivity index (χ0n) is 12.9. The molecule has 0 atom stereocenters. The van der Waals surface area contributed by atoms with Crippen molar-refractivity contribution in [3.63, 3.8) is 0 Å². The summed E-state index contributed by atoms with van der Waals surface area (Å²) in [7, 11) is 0. The van der Waals surface area contributed by atoms with E-state index in [9.17, 15) is 4.79 Å². The molecule has 3 rings (SSSR count). The van der Waals surface area contributed by atoms with Crippen LogP contribution in [0.1, 0.15) is 40.3 Å². The largest absolute Gasteiger partial charge is 0.366 e. The fourth-order valence-electron chi connectivity index (χ4n) is 2.26. The highest BCUT2D eigenvalue weighted by atomic mass is 16.2. The number of amides is 1. The second-order valence-electron chi connectivity index (χ2n) is 5.71. The third-order valence-corrected chi connectivity index (χ3v) is 3.70.